The third kappa shape index (κ3) is 2.59. The molecule has 0 aromatic carbocycles. The Hall–Kier alpha value is -2.09. The molecule has 2 rings (SSSR count). The van der Waals surface area contributed by atoms with Gasteiger partial charge in [-0.2, -0.15) is 0 Å². The molecule has 2 aromatic heterocycles. The number of aryl methyl sites for hydroxylation is 1. The Kier molecular flexibility index (Phi) is 3.19. The van der Waals surface area contributed by atoms with Gasteiger partial charge in [-0.15, -0.1) is 0 Å². The van der Waals surface area contributed by atoms with E-state index in [2.05, 4.69) is 20.2 Å². The molecule has 0 unspecified atom stereocenters. The molecule has 0 saturated carbocycles. The van der Waals surface area contributed by atoms with Crippen LogP contribution in [-0.2, 0) is 10.0 Å². The van der Waals surface area contributed by atoms with Crippen LogP contribution in [-0.4, -0.2) is 25.6 Å². The highest BCUT2D eigenvalue weighted by molar-refractivity contribution is 7.92. The summed E-state index contributed by atoms with van der Waals surface area (Å²) < 4.78 is 31.1. The first-order valence-electron chi connectivity index (χ1n) is 5.11. The molecular weight excluding hydrogens is 256 g/mol. The molecule has 0 atom stereocenters. The molecule has 7 nitrogen and oxygen atoms in total. The van der Waals surface area contributed by atoms with Gasteiger partial charge in [-0.3, -0.25) is 0 Å². The minimum Gasteiger partial charge on any atom is -0.373 e. The minimum absolute atomic E-state index is 0.0790. The van der Waals surface area contributed by atoms with E-state index in [0.717, 1.165) is 0 Å². The molecule has 0 aliphatic carbocycles. The molecule has 0 aliphatic rings. The van der Waals surface area contributed by atoms with Crippen molar-refractivity contribution in [2.45, 2.75) is 11.8 Å². The van der Waals surface area contributed by atoms with Crippen molar-refractivity contribution in [3.8, 4) is 0 Å². The second kappa shape index (κ2) is 4.65. The third-order valence-electron chi connectivity index (χ3n) is 2.16. The smallest absolute Gasteiger partial charge is 0.264 e. The Labute approximate surface area is 104 Å². The van der Waals surface area contributed by atoms with Gasteiger partial charge in [0.05, 0.1) is 10.6 Å². The van der Waals surface area contributed by atoms with Crippen LogP contribution in [0.5, 0.6) is 0 Å². The van der Waals surface area contributed by atoms with Gasteiger partial charge in [0.15, 0.2) is 0 Å². The lowest BCUT2D eigenvalue weighted by molar-refractivity contribution is 0.430. The van der Waals surface area contributed by atoms with E-state index in [-0.39, 0.29) is 10.8 Å². The summed E-state index contributed by atoms with van der Waals surface area (Å²) in [5.41, 5.74) is 0.596. The predicted molar refractivity (Wildman–Crippen MR) is 65.8 cm³/mol. The highest BCUT2D eigenvalue weighted by atomic mass is 32.2. The van der Waals surface area contributed by atoms with Crippen molar-refractivity contribution >= 4 is 21.7 Å². The van der Waals surface area contributed by atoms with E-state index in [1.165, 1.54) is 24.4 Å². The third-order valence-corrected chi connectivity index (χ3v) is 3.51. The van der Waals surface area contributed by atoms with Gasteiger partial charge in [-0.25, -0.2) is 18.1 Å². The number of anilines is 2. The van der Waals surface area contributed by atoms with E-state index in [1.807, 2.05) is 0 Å². The SMILES string of the molecule is CNc1cc(S(=O)(=O)Nc2cc(C)no2)ccn1. The number of hydrogen-bond acceptors (Lipinski definition) is 6. The van der Waals surface area contributed by atoms with Crippen molar-refractivity contribution in [2.75, 3.05) is 17.1 Å². The fraction of sp³-hybridized carbons (Fsp3) is 0.200. The second-order valence-corrected chi connectivity index (χ2v) is 5.25. The first-order chi connectivity index (χ1) is 8.51. The fourth-order valence-electron chi connectivity index (χ4n) is 1.32. The number of nitrogens with zero attached hydrogens (tertiary/aromatic N) is 2. The van der Waals surface area contributed by atoms with Crippen molar-refractivity contribution in [3.05, 3.63) is 30.1 Å². The van der Waals surface area contributed by atoms with Gasteiger partial charge in [0.2, 0.25) is 5.88 Å². The number of nitrogens with one attached hydrogen (secondary N) is 2. The van der Waals surface area contributed by atoms with Gasteiger partial charge in [0, 0.05) is 25.4 Å². The summed E-state index contributed by atoms with van der Waals surface area (Å²) in [6.07, 6.45) is 1.41. The van der Waals surface area contributed by atoms with E-state index in [4.69, 9.17) is 4.52 Å². The molecular formula is C10H12N4O3S. The molecule has 0 fully saturated rings. The Bertz CT molecular complexity index is 651. The maximum atomic E-state index is 12.0. The normalized spacial score (nSPS) is 11.2. The summed E-state index contributed by atoms with van der Waals surface area (Å²) in [6, 6.07) is 4.32. The lowest BCUT2D eigenvalue weighted by Crippen LogP contribution is -2.13. The first-order valence-corrected chi connectivity index (χ1v) is 6.59. The number of sulfonamides is 1. The van der Waals surface area contributed by atoms with Crippen LogP contribution in [0.3, 0.4) is 0 Å². The molecule has 2 heterocycles. The quantitative estimate of drug-likeness (QED) is 0.865. The molecule has 0 amide bonds. The zero-order valence-corrected chi connectivity index (χ0v) is 10.7. The Morgan fingerprint density at radius 3 is 2.72 bits per heavy atom. The molecule has 2 aromatic rings. The van der Waals surface area contributed by atoms with Crippen LogP contribution in [0.1, 0.15) is 5.69 Å². The molecule has 0 spiro atoms. The molecule has 0 aliphatic heterocycles. The summed E-state index contributed by atoms with van der Waals surface area (Å²) in [5.74, 6) is 0.543. The summed E-state index contributed by atoms with van der Waals surface area (Å²) in [4.78, 5) is 4.04. The molecule has 0 saturated heterocycles. The van der Waals surface area contributed by atoms with Crippen molar-refractivity contribution in [1.82, 2.24) is 10.1 Å². The minimum atomic E-state index is -3.70. The van der Waals surface area contributed by atoms with Gasteiger partial charge in [-0.05, 0) is 13.0 Å². The van der Waals surface area contributed by atoms with Crippen LogP contribution < -0.4 is 10.0 Å². The van der Waals surface area contributed by atoms with Gasteiger partial charge < -0.3 is 9.84 Å². The lowest BCUT2D eigenvalue weighted by Gasteiger charge is -2.05. The van der Waals surface area contributed by atoms with Crippen LogP contribution in [0, 0.1) is 6.92 Å². The van der Waals surface area contributed by atoms with Gasteiger partial charge in [0.1, 0.15) is 5.82 Å². The van der Waals surface area contributed by atoms with Gasteiger partial charge in [-0.1, -0.05) is 5.16 Å². The summed E-state index contributed by atoms with van der Waals surface area (Å²) in [6.45, 7) is 1.70. The molecule has 18 heavy (non-hydrogen) atoms. The van der Waals surface area contributed by atoms with E-state index < -0.39 is 10.0 Å². The second-order valence-electron chi connectivity index (χ2n) is 3.56. The molecule has 0 bridgehead atoms. The highest BCUT2D eigenvalue weighted by Crippen LogP contribution is 2.17. The highest BCUT2D eigenvalue weighted by Gasteiger charge is 2.17. The van der Waals surface area contributed by atoms with Crippen LogP contribution in [0.2, 0.25) is 0 Å². The van der Waals surface area contributed by atoms with E-state index in [9.17, 15) is 8.42 Å². The van der Waals surface area contributed by atoms with Gasteiger partial charge >= 0.3 is 0 Å². The van der Waals surface area contributed by atoms with E-state index >= 15 is 0 Å². The monoisotopic (exact) mass is 268 g/mol. The molecule has 96 valence electrons. The molecule has 0 radical (unpaired) electrons. The van der Waals surface area contributed by atoms with Crippen molar-refractivity contribution < 1.29 is 12.9 Å². The zero-order valence-electron chi connectivity index (χ0n) is 9.84. The van der Waals surface area contributed by atoms with Crippen LogP contribution in [0.25, 0.3) is 0 Å². The van der Waals surface area contributed by atoms with Crippen molar-refractivity contribution in [2.24, 2.45) is 0 Å². The first kappa shape index (κ1) is 12.4. The Morgan fingerprint density at radius 2 is 2.11 bits per heavy atom. The number of rotatable bonds is 4. The van der Waals surface area contributed by atoms with E-state index in [1.54, 1.807) is 14.0 Å². The average molecular weight is 268 g/mol. The average Bonchev–Trinajstić information content (AvgIpc) is 2.74. The Morgan fingerprint density at radius 1 is 1.33 bits per heavy atom. The standard InChI is InChI=1S/C10H12N4O3S/c1-7-5-10(17-13-7)14-18(15,16)8-3-4-12-9(6-8)11-2/h3-6,14H,1-2H3,(H,11,12). The Balaban J connectivity index is 2.30. The van der Waals surface area contributed by atoms with E-state index in [0.29, 0.717) is 11.5 Å². The molecule has 2 N–H and O–H groups in total. The summed E-state index contributed by atoms with van der Waals surface area (Å²) in [5, 5.41) is 6.37. The maximum Gasteiger partial charge on any atom is 0.264 e. The molecule has 8 heteroatoms. The number of aromatic nitrogens is 2. The van der Waals surface area contributed by atoms with Crippen molar-refractivity contribution in [3.63, 3.8) is 0 Å². The lowest BCUT2D eigenvalue weighted by atomic mass is 10.5. The predicted octanol–water partition coefficient (Wildman–Crippen LogP) is 1.22. The van der Waals surface area contributed by atoms with Crippen molar-refractivity contribution in [1.29, 1.82) is 0 Å². The number of hydrogen-bond donors (Lipinski definition) is 2. The van der Waals surface area contributed by atoms with Crippen LogP contribution in [0.4, 0.5) is 11.7 Å². The maximum absolute atomic E-state index is 12.0. The number of pyridine rings is 1. The largest absolute Gasteiger partial charge is 0.373 e. The summed E-state index contributed by atoms with van der Waals surface area (Å²) >= 11 is 0. The van der Waals surface area contributed by atoms with Gasteiger partial charge in [0.25, 0.3) is 10.0 Å². The zero-order chi connectivity index (χ0) is 13.2. The fourth-order valence-corrected chi connectivity index (χ4v) is 2.30. The van der Waals surface area contributed by atoms with Crippen LogP contribution >= 0.6 is 0 Å². The summed E-state index contributed by atoms with van der Waals surface area (Å²) in [7, 11) is -2.04. The van der Waals surface area contributed by atoms with Crippen LogP contribution in [0.15, 0.2) is 33.8 Å². The topological polar surface area (TPSA) is 97.1 Å².